The van der Waals surface area contributed by atoms with Crippen molar-refractivity contribution in [2.24, 2.45) is 5.92 Å². The Morgan fingerprint density at radius 2 is 1.91 bits per heavy atom. The molecule has 5 nitrogen and oxygen atoms in total. The summed E-state index contributed by atoms with van der Waals surface area (Å²) in [6.45, 7) is 8.15. The number of carbonyl (C=O) groups excluding carboxylic acids is 1. The van der Waals surface area contributed by atoms with E-state index < -0.39 is 0 Å². The number of carbonyl (C=O) groups is 1. The number of rotatable bonds is 7. The maximum atomic E-state index is 13.5. The van der Waals surface area contributed by atoms with Gasteiger partial charge in [0.15, 0.2) is 0 Å². The maximum Gasteiger partial charge on any atom is 0.227 e. The monoisotopic (exact) mass is 428 g/mol. The maximum absolute atomic E-state index is 13.5. The SMILES string of the molecule is CCCN1CCN(Cc2cccc(C)n2)C[C@H](Cc2ccccc2-c2cccnc2)C1=O. The van der Waals surface area contributed by atoms with E-state index >= 15 is 0 Å². The second-order valence-corrected chi connectivity index (χ2v) is 8.63. The Morgan fingerprint density at radius 3 is 2.69 bits per heavy atom. The summed E-state index contributed by atoms with van der Waals surface area (Å²) < 4.78 is 0. The molecule has 1 fully saturated rings. The number of pyridine rings is 2. The highest BCUT2D eigenvalue weighted by molar-refractivity contribution is 5.80. The van der Waals surface area contributed by atoms with Gasteiger partial charge in [0, 0.05) is 56.4 Å². The molecule has 5 heteroatoms. The number of nitrogens with zero attached hydrogens (tertiary/aromatic N) is 4. The van der Waals surface area contributed by atoms with Crippen LogP contribution in [0.1, 0.15) is 30.3 Å². The Morgan fingerprint density at radius 1 is 1.03 bits per heavy atom. The molecule has 1 aliphatic heterocycles. The number of aryl methyl sites for hydroxylation is 1. The zero-order chi connectivity index (χ0) is 22.3. The van der Waals surface area contributed by atoms with Crippen LogP contribution in [-0.4, -0.2) is 51.9 Å². The van der Waals surface area contributed by atoms with Crippen LogP contribution in [0.3, 0.4) is 0 Å². The Bertz CT molecular complexity index is 1040. The van der Waals surface area contributed by atoms with Crippen LogP contribution in [0.4, 0.5) is 0 Å². The van der Waals surface area contributed by atoms with E-state index in [1.54, 1.807) is 6.20 Å². The summed E-state index contributed by atoms with van der Waals surface area (Å²) in [5, 5.41) is 0. The summed E-state index contributed by atoms with van der Waals surface area (Å²) in [5.41, 5.74) is 5.55. The molecule has 2 aromatic heterocycles. The minimum Gasteiger partial charge on any atom is -0.341 e. The lowest BCUT2D eigenvalue weighted by Crippen LogP contribution is -2.37. The summed E-state index contributed by atoms with van der Waals surface area (Å²) in [6.07, 6.45) is 5.39. The fourth-order valence-corrected chi connectivity index (χ4v) is 4.58. The van der Waals surface area contributed by atoms with Gasteiger partial charge in [-0.15, -0.1) is 0 Å². The summed E-state index contributed by atoms with van der Waals surface area (Å²) in [6, 6.07) is 18.6. The van der Waals surface area contributed by atoms with Crippen molar-refractivity contribution in [3.8, 4) is 11.1 Å². The summed E-state index contributed by atoms with van der Waals surface area (Å²) in [4.78, 5) is 26.9. The van der Waals surface area contributed by atoms with Gasteiger partial charge < -0.3 is 4.90 Å². The summed E-state index contributed by atoms with van der Waals surface area (Å²) in [5.74, 6) is 0.194. The first kappa shape index (κ1) is 22.2. The highest BCUT2D eigenvalue weighted by Gasteiger charge is 2.30. The fourth-order valence-electron chi connectivity index (χ4n) is 4.58. The van der Waals surface area contributed by atoms with Crippen molar-refractivity contribution in [2.45, 2.75) is 33.2 Å². The molecule has 1 saturated heterocycles. The molecule has 0 aliphatic carbocycles. The highest BCUT2D eigenvalue weighted by atomic mass is 16.2. The molecule has 166 valence electrons. The van der Waals surface area contributed by atoms with Crippen molar-refractivity contribution in [3.63, 3.8) is 0 Å². The van der Waals surface area contributed by atoms with E-state index in [1.165, 1.54) is 5.56 Å². The predicted octanol–water partition coefficient (Wildman–Crippen LogP) is 4.37. The van der Waals surface area contributed by atoms with Crippen LogP contribution in [0.15, 0.2) is 67.0 Å². The Kier molecular flexibility index (Phi) is 7.28. The van der Waals surface area contributed by atoms with E-state index in [-0.39, 0.29) is 11.8 Å². The molecular formula is C27H32N4O. The molecule has 0 bridgehead atoms. The van der Waals surface area contributed by atoms with Gasteiger partial charge in [0.1, 0.15) is 0 Å². The van der Waals surface area contributed by atoms with Crippen molar-refractivity contribution in [2.75, 3.05) is 26.2 Å². The highest BCUT2D eigenvalue weighted by Crippen LogP contribution is 2.27. The van der Waals surface area contributed by atoms with Crippen molar-refractivity contribution in [1.82, 2.24) is 19.8 Å². The van der Waals surface area contributed by atoms with E-state index in [4.69, 9.17) is 0 Å². The molecular weight excluding hydrogens is 396 g/mol. The van der Waals surface area contributed by atoms with Crippen molar-refractivity contribution in [3.05, 3.63) is 83.9 Å². The van der Waals surface area contributed by atoms with E-state index in [1.807, 2.05) is 25.3 Å². The number of hydrogen-bond donors (Lipinski definition) is 0. The molecule has 0 saturated carbocycles. The third kappa shape index (κ3) is 5.40. The topological polar surface area (TPSA) is 49.3 Å². The number of benzene rings is 1. The predicted molar refractivity (Wildman–Crippen MR) is 128 cm³/mol. The molecule has 4 rings (SSSR count). The molecule has 1 amide bonds. The average molecular weight is 429 g/mol. The Hall–Kier alpha value is -3.05. The van der Waals surface area contributed by atoms with Crippen LogP contribution in [0.25, 0.3) is 11.1 Å². The van der Waals surface area contributed by atoms with Gasteiger partial charge in [0.2, 0.25) is 5.91 Å². The van der Waals surface area contributed by atoms with Gasteiger partial charge >= 0.3 is 0 Å². The molecule has 3 heterocycles. The second-order valence-electron chi connectivity index (χ2n) is 8.63. The van der Waals surface area contributed by atoms with Gasteiger partial charge in [-0.1, -0.05) is 43.3 Å². The molecule has 32 heavy (non-hydrogen) atoms. The first-order valence-corrected chi connectivity index (χ1v) is 11.6. The largest absolute Gasteiger partial charge is 0.341 e. The van der Waals surface area contributed by atoms with Crippen LogP contribution in [0.5, 0.6) is 0 Å². The molecule has 0 radical (unpaired) electrons. The lowest BCUT2D eigenvalue weighted by molar-refractivity contribution is -0.134. The van der Waals surface area contributed by atoms with Crippen LogP contribution >= 0.6 is 0 Å². The lowest BCUT2D eigenvalue weighted by atomic mass is 9.91. The number of aromatic nitrogens is 2. The first-order chi connectivity index (χ1) is 15.6. The van der Waals surface area contributed by atoms with Crippen LogP contribution < -0.4 is 0 Å². The number of hydrogen-bond acceptors (Lipinski definition) is 4. The molecule has 0 unspecified atom stereocenters. The molecule has 0 spiro atoms. The third-order valence-electron chi connectivity index (χ3n) is 6.11. The molecule has 1 atom stereocenters. The summed E-state index contributed by atoms with van der Waals surface area (Å²) in [7, 11) is 0. The molecule has 1 aromatic carbocycles. The van der Waals surface area contributed by atoms with Crippen molar-refractivity contribution < 1.29 is 4.79 Å². The van der Waals surface area contributed by atoms with Crippen molar-refractivity contribution in [1.29, 1.82) is 0 Å². The van der Waals surface area contributed by atoms with Crippen molar-refractivity contribution >= 4 is 5.91 Å². The van der Waals surface area contributed by atoms with E-state index in [0.29, 0.717) is 0 Å². The average Bonchev–Trinajstić information content (AvgIpc) is 2.94. The van der Waals surface area contributed by atoms with E-state index in [9.17, 15) is 4.79 Å². The number of amides is 1. The van der Waals surface area contributed by atoms with Gasteiger partial charge in [-0.3, -0.25) is 19.7 Å². The normalized spacial score (nSPS) is 17.4. The Balaban J connectivity index is 1.59. The van der Waals surface area contributed by atoms with Gasteiger partial charge in [0.05, 0.1) is 11.6 Å². The minimum absolute atomic E-state index is 0.0771. The quantitative estimate of drug-likeness (QED) is 0.561. The van der Waals surface area contributed by atoms with E-state index in [0.717, 1.165) is 68.1 Å². The minimum atomic E-state index is -0.0771. The fraction of sp³-hybridized carbons (Fsp3) is 0.370. The van der Waals surface area contributed by atoms with Crippen LogP contribution in [0, 0.1) is 12.8 Å². The lowest BCUT2D eigenvalue weighted by Gasteiger charge is -2.24. The molecule has 1 aliphatic rings. The standard InChI is InChI=1S/C27H32N4O/c1-3-14-31-16-15-30(20-25-11-6-8-21(2)29-25)19-24(27(31)32)17-22-9-4-5-12-26(22)23-10-7-13-28-18-23/h4-13,18,24H,3,14-17,19-20H2,1-2H3/t24-/m0/s1. The zero-order valence-corrected chi connectivity index (χ0v) is 19.1. The van der Waals surface area contributed by atoms with Gasteiger partial charge in [-0.05, 0) is 49.1 Å². The third-order valence-corrected chi connectivity index (χ3v) is 6.11. The Labute approximate surface area is 191 Å². The van der Waals surface area contributed by atoms with Gasteiger partial charge in [-0.2, -0.15) is 0 Å². The van der Waals surface area contributed by atoms with E-state index in [2.05, 4.69) is 69.2 Å². The first-order valence-electron chi connectivity index (χ1n) is 11.6. The van der Waals surface area contributed by atoms with Crippen LogP contribution in [-0.2, 0) is 17.8 Å². The summed E-state index contributed by atoms with van der Waals surface area (Å²) >= 11 is 0. The molecule has 3 aromatic rings. The second kappa shape index (κ2) is 10.5. The zero-order valence-electron chi connectivity index (χ0n) is 19.1. The van der Waals surface area contributed by atoms with Gasteiger partial charge in [0.25, 0.3) is 0 Å². The van der Waals surface area contributed by atoms with Crippen LogP contribution in [0.2, 0.25) is 0 Å². The molecule has 0 N–H and O–H groups in total. The van der Waals surface area contributed by atoms with Gasteiger partial charge in [-0.25, -0.2) is 0 Å². The smallest absolute Gasteiger partial charge is 0.227 e.